The van der Waals surface area contributed by atoms with Gasteiger partial charge in [-0.1, -0.05) is 121 Å². The van der Waals surface area contributed by atoms with Gasteiger partial charge in [0.25, 0.3) is 0 Å². The lowest BCUT2D eigenvalue weighted by atomic mass is 9.99. The van der Waals surface area contributed by atoms with Crippen molar-refractivity contribution in [3.8, 4) is 0 Å². The fourth-order valence-electron chi connectivity index (χ4n) is 3.94. The Morgan fingerprint density at radius 1 is 0.486 bits per heavy atom. The molecule has 0 radical (unpaired) electrons. The summed E-state index contributed by atoms with van der Waals surface area (Å²) in [6.45, 7) is 0. The summed E-state index contributed by atoms with van der Waals surface area (Å²) in [5.74, 6) is 0.182. The predicted molar refractivity (Wildman–Crippen MR) is 143 cm³/mol. The zero-order valence-electron chi connectivity index (χ0n) is 19.3. The largest absolute Gasteiger partial charge is 0.344 e. The molecule has 5 heteroatoms. The number of carbonyl (C=O) groups excluding carboxylic acids is 2. The van der Waals surface area contributed by atoms with Crippen molar-refractivity contribution in [1.29, 1.82) is 0 Å². The second-order valence-electron chi connectivity index (χ2n) is 8.14. The first-order chi connectivity index (χ1) is 17.2. The lowest BCUT2D eigenvalue weighted by Gasteiger charge is -2.21. The Kier molecular flexibility index (Phi) is 8.74. The predicted octanol–water partition coefficient (Wildman–Crippen LogP) is 5.53. The summed E-state index contributed by atoms with van der Waals surface area (Å²) < 4.78 is 0. The highest BCUT2D eigenvalue weighted by atomic mass is 32.2. The zero-order chi connectivity index (χ0) is 24.3. The third-order valence-electron chi connectivity index (χ3n) is 5.61. The third-order valence-corrected chi connectivity index (χ3v) is 6.54. The van der Waals surface area contributed by atoms with Crippen molar-refractivity contribution < 1.29 is 9.59 Å². The molecule has 0 atom stereocenters. The van der Waals surface area contributed by atoms with E-state index >= 15 is 0 Å². The number of thioether (sulfide) groups is 1. The van der Waals surface area contributed by atoms with Gasteiger partial charge in [-0.05, 0) is 22.3 Å². The van der Waals surface area contributed by atoms with Gasteiger partial charge in [0.1, 0.15) is 0 Å². The fraction of sp³-hybridized carbons (Fsp3) is 0.133. The molecule has 0 saturated carbocycles. The minimum atomic E-state index is -0.236. The summed E-state index contributed by atoms with van der Waals surface area (Å²) in [7, 11) is 0. The van der Waals surface area contributed by atoms with Gasteiger partial charge in [-0.15, -0.1) is 11.8 Å². The quantitative estimate of drug-likeness (QED) is 0.314. The van der Waals surface area contributed by atoms with E-state index in [0.717, 1.165) is 22.3 Å². The van der Waals surface area contributed by atoms with Gasteiger partial charge in [-0.2, -0.15) is 0 Å². The zero-order valence-corrected chi connectivity index (χ0v) is 20.2. The van der Waals surface area contributed by atoms with Crippen LogP contribution in [0.25, 0.3) is 0 Å². The first-order valence-electron chi connectivity index (χ1n) is 11.6. The van der Waals surface area contributed by atoms with Gasteiger partial charge in [0.2, 0.25) is 11.8 Å². The van der Waals surface area contributed by atoms with E-state index in [0.29, 0.717) is 0 Å². The first-order valence-corrected chi connectivity index (χ1v) is 12.7. The van der Waals surface area contributed by atoms with E-state index in [1.165, 1.54) is 11.8 Å². The molecule has 0 saturated heterocycles. The number of hydrogen-bond acceptors (Lipinski definition) is 3. The second-order valence-corrected chi connectivity index (χ2v) is 9.12. The average molecular weight is 481 g/mol. The van der Waals surface area contributed by atoms with Crippen LogP contribution in [0.1, 0.15) is 34.3 Å². The van der Waals surface area contributed by atoms with E-state index in [-0.39, 0.29) is 35.4 Å². The van der Waals surface area contributed by atoms with E-state index in [2.05, 4.69) is 10.6 Å². The van der Waals surface area contributed by atoms with Crippen molar-refractivity contribution in [2.45, 2.75) is 12.1 Å². The molecule has 4 aromatic rings. The van der Waals surface area contributed by atoms with Crippen molar-refractivity contribution in [1.82, 2.24) is 10.6 Å². The summed E-state index contributed by atoms with van der Waals surface area (Å²) in [5.41, 5.74) is 4.07. The van der Waals surface area contributed by atoms with Gasteiger partial charge < -0.3 is 10.6 Å². The molecule has 176 valence electrons. The van der Waals surface area contributed by atoms with Crippen LogP contribution in [0.15, 0.2) is 121 Å². The Bertz CT molecular complexity index is 1030. The Balaban J connectivity index is 1.34. The number of benzene rings is 4. The van der Waals surface area contributed by atoms with Gasteiger partial charge in [-0.25, -0.2) is 0 Å². The van der Waals surface area contributed by atoms with Crippen LogP contribution in [0, 0.1) is 0 Å². The molecule has 0 heterocycles. The van der Waals surface area contributed by atoms with Crippen molar-refractivity contribution in [2.75, 3.05) is 11.5 Å². The molecule has 0 aliphatic carbocycles. The molecule has 4 nitrogen and oxygen atoms in total. The molecule has 0 aliphatic heterocycles. The number of rotatable bonds is 10. The smallest absolute Gasteiger partial charge is 0.230 e. The molecular formula is C30H28N2O2S. The molecule has 0 unspecified atom stereocenters. The van der Waals surface area contributed by atoms with E-state index < -0.39 is 0 Å². The lowest BCUT2D eigenvalue weighted by molar-refractivity contribution is -0.119. The van der Waals surface area contributed by atoms with E-state index in [1.807, 2.05) is 121 Å². The highest BCUT2D eigenvalue weighted by Gasteiger charge is 2.19. The molecule has 4 rings (SSSR count). The van der Waals surface area contributed by atoms with Crippen LogP contribution in [0.3, 0.4) is 0 Å². The van der Waals surface area contributed by atoms with Gasteiger partial charge in [0.05, 0.1) is 23.6 Å². The molecule has 2 amide bonds. The van der Waals surface area contributed by atoms with Crippen molar-refractivity contribution >= 4 is 23.6 Å². The highest BCUT2D eigenvalue weighted by Crippen LogP contribution is 2.23. The van der Waals surface area contributed by atoms with E-state index in [9.17, 15) is 9.59 Å². The number of amides is 2. The SMILES string of the molecule is O=C(CSCC(=O)NC(c1ccccc1)c1ccccc1)NC(c1ccccc1)c1ccccc1. The summed E-state index contributed by atoms with van der Waals surface area (Å²) >= 11 is 1.31. The maximum atomic E-state index is 12.8. The van der Waals surface area contributed by atoms with Crippen molar-refractivity contribution in [2.24, 2.45) is 0 Å². The highest BCUT2D eigenvalue weighted by molar-refractivity contribution is 8.00. The van der Waals surface area contributed by atoms with Gasteiger partial charge >= 0.3 is 0 Å². The Morgan fingerprint density at radius 2 is 0.743 bits per heavy atom. The third kappa shape index (κ3) is 7.08. The molecule has 0 spiro atoms. The van der Waals surface area contributed by atoms with Crippen LogP contribution in [0.5, 0.6) is 0 Å². The molecule has 0 aliphatic rings. The number of carbonyl (C=O) groups is 2. The van der Waals surface area contributed by atoms with Crippen LogP contribution >= 0.6 is 11.8 Å². The molecular weight excluding hydrogens is 452 g/mol. The maximum absolute atomic E-state index is 12.8. The van der Waals surface area contributed by atoms with Crippen molar-refractivity contribution in [3.63, 3.8) is 0 Å². The summed E-state index contributed by atoms with van der Waals surface area (Å²) in [5, 5.41) is 6.25. The Morgan fingerprint density at radius 3 is 1.00 bits per heavy atom. The van der Waals surface area contributed by atoms with Gasteiger partial charge in [-0.3, -0.25) is 9.59 Å². The summed E-state index contributed by atoms with van der Waals surface area (Å²) in [4.78, 5) is 25.6. The molecule has 2 N–H and O–H groups in total. The van der Waals surface area contributed by atoms with Crippen LogP contribution in [-0.2, 0) is 9.59 Å². The first kappa shape index (κ1) is 24.3. The van der Waals surface area contributed by atoms with E-state index in [4.69, 9.17) is 0 Å². The second kappa shape index (κ2) is 12.6. The standard InChI is InChI=1S/C30H28N2O2S/c33-27(31-29(23-13-5-1-6-14-23)24-15-7-2-8-16-24)21-35-22-28(34)32-30(25-17-9-3-10-18-25)26-19-11-4-12-20-26/h1-20,29-30H,21-22H2,(H,31,33)(H,32,34). The number of hydrogen-bond donors (Lipinski definition) is 2. The van der Waals surface area contributed by atoms with Crippen molar-refractivity contribution in [3.05, 3.63) is 144 Å². The Hall–Kier alpha value is -3.83. The summed E-state index contributed by atoms with van der Waals surface area (Å²) in [6, 6.07) is 39.1. The molecule has 0 aromatic heterocycles. The molecule has 35 heavy (non-hydrogen) atoms. The minimum Gasteiger partial charge on any atom is -0.344 e. The van der Waals surface area contributed by atoms with E-state index in [1.54, 1.807) is 0 Å². The fourth-order valence-corrected chi connectivity index (χ4v) is 4.58. The average Bonchev–Trinajstić information content (AvgIpc) is 2.92. The van der Waals surface area contributed by atoms with Gasteiger partial charge in [0, 0.05) is 0 Å². The molecule has 0 bridgehead atoms. The monoisotopic (exact) mass is 480 g/mol. The van der Waals surface area contributed by atoms with Crippen LogP contribution in [0.2, 0.25) is 0 Å². The molecule has 0 fully saturated rings. The van der Waals surface area contributed by atoms with Crippen LogP contribution < -0.4 is 10.6 Å². The minimum absolute atomic E-state index is 0.108. The van der Waals surface area contributed by atoms with Crippen LogP contribution in [-0.4, -0.2) is 23.3 Å². The lowest BCUT2D eigenvalue weighted by Crippen LogP contribution is -2.33. The summed E-state index contributed by atoms with van der Waals surface area (Å²) in [6.07, 6.45) is 0. The number of nitrogens with one attached hydrogen (secondary N) is 2. The van der Waals surface area contributed by atoms with Crippen LogP contribution in [0.4, 0.5) is 0 Å². The molecule has 4 aromatic carbocycles. The Labute approximate surface area is 210 Å². The van der Waals surface area contributed by atoms with Gasteiger partial charge in [0.15, 0.2) is 0 Å². The topological polar surface area (TPSA) is 58.2 Å². The normalized spacial score (nSPS) is 10.8. The maximum Gasteiger partial charge on any atom is 0.230 e.